The van der Waals surface area contributed by atoms with Gasteiger partial charge in [-0.05, 0) is 32.9 Å². The maximum Gasteiger partial charge on any atom is 0.344 e. The van der Waals surface area contributed by atoms with Gasteiger partial charge in [-0.15, -0.1) is 0 Å². The van der Waals surface area contributed by atoms with E-state index in [0.29, 0.717) is 19.4 Å². The zero-order chi connectivity index (χ0) is 20.3. The van der Waals surface area contributed by atoms with E-state index in [1.807, 2.05) is 30.0 Å². The second kappa shape index (κ2) is 8.18. The van der Waals surface area contributed by atoms with Crippen LogP contribution in [0.15, 0.2) is 18.2 Å². The molecule has 1 aliphatic carbocycles. The summed E-state index contributed by atoms with van der Waals surface area (Å²) in [4.78, 5) is 39.2. The van der Waals surface area contributed by atoms with Gasteiger partial charge < -0.3 is 10.1 Å². The zero-order valence-electron chi connectivity index (χ0n) is 16.7. The summed E-state index contributed by atoms with van der Waals surface area (Å²) in [6.45, 7) is 2.54. The molecule has 0 bridgehead atoms. The fourth-order valence-corrected chi connectivity index (χ4v) is 4.00. The Balaban J connectivity index is 1.59. The second-order valence-electron chi connectivity index (χ2n) is 7.74. The average molecular weight is 388 g/mol. The number of urea groups is 1. The third-order valence-electron chi connectivity index (χ3n) is 5.40. The fraction of sp³-hybridized carbons (Fsp3) is 0.550. The van der Waals surface area contributed by atoms with Crippen LogP contribution in [0.5, 0.6) is 5.75 Å². The van der Waals surface area contributed by atoms with Gasteiger partial charge in [0, 0.05) is 12.1 Å². The summed E-state index contributed by atoms with van der Waals surface area (Å²) in [6.07, 6.45) is 4.10. The van der Waals surface area contributed by atoms with Crippen molar-refractivity contribution in [2.45, 2.75) is 51.1 Å². The number of amides is 4. The molecule has 2 N–H and O–H groups in total. The Bertz CT molecular complexity index is 773. The van der Waals surface area contributed by atoms with Crippen LogP contribution in [0.2, 0.25) is 0 Å². The number of nitrogens with zero attached hydrogens (tertiary/aromatic N) is 2. The number of likely N-dealkylation sites (N-methyl/N-ethyl adjacent to an activating group) is 1. The number of ether oxygens (including phenoxy) is 1. The molecule has 1 aliphatic heterocycles. The maximum absolute atomic E-state index is 12.7. The van der Waals surface area contributed by atoms with Crippen molar-refractivity contribution in [3.8, 4) is 5.75 Å². The van der Waals surface area contributed by atoms with Gasteiger partial charge in [0.15, 0.2) is 0 Å². The van der Waals surface area contributed by atoms with Gasteiger partial charge in [0.25, 0.3) is 11.8 Å². The summed E-state index contributed by atoms with van der Waals surface area (Å²) in [5.41, 5.74) is 3.69. The predicted molar refractivity (Wildman–Crippen MR) is 103 cm³/mol. The number of rotatable bonds is 6. The number of methoxy groups -OCH3 is 1. The standard InChI is InChI=1S/C20H28N4O4/c1-14-7-8-16(28-3)15(11-14)12-23(2)13-17(25)22-24-18(26)20(21-19(24)27)9-5-4-6-10-20/h7-8,11H,4-6,9-10,12-13H2,1-3H3,(H,21,27)(H,22,25). The summed E-state index contributed by atoms with van der Waals surface area (Å²) >= 11 is 0. The minimum absolute atomic E-state index is 0.0428. The number of hydrazine groups is 1. The van der Waals surface area contributed by atoms with Crippen LogP contribution in [0.3, 0.4) is 0 Å². The van der Waals surface area contributed by atoms with Crippen molar-refractivity contribution < 1.29 is 19.1 Å². The van der Waals surface area contributed by atoms with Crippen LogP contribution in [-0.2, 0) is 16.1 Å². The largest absolute Gasteiger partial charge is 0.496 e. The molecule has 28 heavy (non-hydrogen) atoms. The van der Waals surface area contributed by atoms with E-state index in [-0.39, 0.29) is 12.5 Å². The van der Waals surface area contributed by atoms with Crippen molar-refractivity contribution in [2.24, 2.45) is 0 Å². The highest BCUT2D eigenvalue weighted by Gasteiger charge is 2.52. The zero-order valence-corrected chi connectivity index (χ0v) is 16.7. The first-order chi connectivity index (χ1) is 13.3. The molecular formula is C20H28N4O4. The molecule has 8 heteroatoms. The van der Waals surface area contributed by atoms with Gasteiger partial charge in [-0.25, -0.2) is 4.79 Å². The van der Waals surface area contributed by atoms with Gasteiger partial charge in [-0.3, -0.25) is 19.9 Å². The van der Waals surface area contributed by atoms with E-state index < -0.39 is 17.5 Å². The first-order valence-corrected chi connectivity index (χ1v) is 9.63. The summed E-state index contributed by atoms with van der Waals surface area (Å²) in [5, 5.41) is 3.62. The molecule has 1 spiro atoms. The van der Waals surface area contributed by atoms with Crippen molar-refractivity contribution in [1.82, 2.24) is 20.7 Å². The highest BCUT2D eigenvalue weighted by atomic mass is 16.5. The van der Waals surface area contributed by atoms with Crippen molar-refractivity contribution in [2.75, 3.05) is 20.7 Å². The lowest BCUT2D eigenvalue weighted by molar-refractivity contribution is -0.140. The third kappa shape index (κ3) is 4.11. The van der Waals surface area contributed by atoms with Crippen LogP contribution in [0, 0.1) is 6.92 Å². The number of aryl methyl sites for hydroxylation is 1. The molecule has 1 aromatic rings. The molecule has 1 heterocycles. The van der Waals surface area contributed by atoms with Crippen LogP contribution in [0.25, 0.3) is 0 Å². The Kier molecular flexibility index (Phi) is 5.88. The number of benzene rings is 1. The SMILES string of the molecule is COc1ccc(C)cc1CN(C)CC(=O)NN1C(=O)NC2(CCCCC2)C1=O. The smallest absolute Gasteiger partial charge is 0.344 e. The third-order valence-corrected chi connectivity index (χ3v) is 5.40. The van der Waals surface area contributed by atoms with Crippen molar-refractivity contribution in [1.29, 1.82) is 0 Å². The monoisotopic (exact) mass is 388 g/mol. The number of hydrogen-bond donors (Lipinski definition) is 2. The molecule has 0 unspecified atom stereocenters. The molecule has 0 aromatic heterocycles. The van der Waals surface area contributed by atoms with E-state index >= 15 is 0 Å². The van der Waals surface area contributed by atoms with Crippen LogP contribution in [0.1, 0.15) is 43.2 Å². The highest BCUT2D eigenvalue weighted by Crippen LogP contribution is 2.33. The first kappa shape index (κ1) is 20.1. The lowest BCUT2D eigenvalue weighted by Crippen LogP contribution is -2.52. The second-order valence-corrected chi connectivity index (χ2v) is 7.74. The first-order valence-electron chi connectivity index (χ1n) is 9.63. The Hall–Kier alpha value is -2.61. The molecule has 2 aliphatic rings. The average Bonchev–Trinajstić information content (AvgIpc) is 2.86. The molecule has 3 rings (SSSR count). The number of hydrogen-bond acceptors (Lipinski definition) is 5. The molecule has 1 saturated heterocycles. The van der Waals surface area contributed by atoms with Gasteiger partial charge in [0.2, 0.25) is 0 Å². The lowest BCUT2D eigenvalue weighted by atomic mass is 9.82. The normalized spacial score (nSPS) is 18.5. The van der Waals surface area contributed by atoms with Crippen LogP contribution < -0.4 is 15.5 Å². The highest BCUT2D eigenvalue weighted by molar-refractivity contribution is 6.08. The van der Waals surface area contributed by atoms with Crippen molar-refractivity contribution in [3.63, 3.8) is 0 Å². The molecular weight excluding hydrogens is 360 g/mol. The minimum atomic E-state index is -0.844. The van der Waals surface area contributed by atoms with E-state index in [1.54, 1.807) is 14.2 Å². The van der Waals surface area contributed by atoms with E-state index in [2.05, 4.69) is 10.7 Å². The van der Waals surface area contributed by atoms with E-state index in [9.17, 15) is 14.4 Å². The van der Waals surface area contributed by atoms with Crippen LogP contribution >= 0.6 is 0 Å². The topological polar surface area (TPSA) is 91.0 Å². The lowest BCUT2D eigenvalue weighted by Gasteiger charge is -2.30. The number of carbonyl (C=O) groups is 3. The van der Waals surface area contributed by atoms with Crippen molar-refractivity contribution >= 4 is 17.8 Å². The summed E-state index contributed by atoms with van der Waals surface area (Å²) in [6, 6.07) is 5.32. The summed E-state index contributed by atoms with van der Waals surface area (Å²) < 4.78 is 5.37. The van der Waals surface area contributed by atoms with Crippen LogP contribution in [-0.4, -0.2) is 54.0 Å². The number of imide groups is 1. The molecule has 0 atom stereocenters. The Morgan fingerprint density at radius 3 is 2.68 bits per heavy atom. The van der Waals surface area contributed by atoms with Crippen molar-refractivity contribution in [3.05, 3.63) is 29.3 Å². The predicted octanol–water partition coefficient (Wildman–Crippen LogP) is 1.72. The van der Waals surface area contributed by atoms with Gasteiger partial charge in [-0.2, -0.15) is 5.01 Å². The fourth-order valence-electron chi connectivity index (χ4n) is 4.00. The van der Waals surface area contributed by atoms with E-state index in [0.717, 1.165) is 41.1 Å². The Morgan fingerprint density at radius 1 is 1.29 bits per heavy atom. The van der Waals surface area contributed by atoms with E-state index in [4.69, 9.17) is 4.74 Å². The van der Waals surface area contributed by atoms with Gasteiger partial charge in [-0.1, -0.05) is 37.0 Å². The van der Waals surface area contributed by atoms with Crippen LogP contribution in [0.4, 0.5) is 4.79 Å². The van der Waals surface area contributed by atoms with Gasteiger partial charge in [0.05, 0.1) is 13.7 Å². The van der Waals surface area contributed by atoms with Gasteiger partial charge >= 0.3 is 6.03 Å². The number of nitrogens with one attached hydrogen (secondary N) is 2. The molecule has 2 fully saturated rings. The Labute approximate surface area is 165 Å². The molecule has 8 nitrogen and oxygen atoms in total. The molecule has 152 valence electrons. The van der Waals surface area contributed by atoms with Gasteiger partial charge in [0.1, 0.15) is 11.3 Å². The molecule has 0 radical (unpaired) electrons. The Morgan fingerprint density at radius 2 is 2.00 bits per heavy atom. The molecule has 1 saturated carbocycles. The minimum Gasteiger partial charge on any atom is -0.496 e. The summed E-state index contributed by atoms with van der Waals surface area (Å²) in [7, 11) is 3.41. The quantitative estimate of drug-likeness (QED) is 0.724. The summed E-state index contributed by atoms with van der Waals surface area (Å²) in [5.74, 6) is -0.00904. The molecule has 4 amide bonds. The molecule has 1 aromatic carbocycles. The maximum atomic E-state index is 12.7. The van der Waals surface area contributed by atoms with E-state index in [1.165, 1.54) is 0 Å². The number of carbonyl (C=O) groups excluding carboxylic acids is 3.